The molecule has 3 rings (SSSR count). The van der Waals surface area contributed by atoms with Gasteiger partial charge in [-0.3, -0.25) is 4.99 Å². The van der Waals surface area contributed by atoms with Gasteiger partial charge in [-0.1, -0.05) is 35.9 Å². The van der Waals surface area contributed by atoms with Gasteiger partial charge in [0, 0.05) is 48.8 Å². The summed E-state index contributed by atoms with van der Waals surface area (Å²) in [6.45, 7) is 1.32. The second kappa shape index (κ2) is 11.5. The number of hydrogen-bond donors (Lipinski definition) is 4. The van der Waals surface area contributed by atoms with Crippen LogP contribution < -0.4 is 15.4 Å². The molecule has 10 heteroatoms. The van der Waals surface area contributed by atoms with Gasteiger partial charge in [-0.15, -0.1) is 24.0 Å². The van der Waals surface area contributed by atoms with Gasteiger partial charge in [0.2, 0.25) is 10.0 Å². The molecule has 7 nitrogen and oxygen atoms in total. The Morgan fingerprint density at radius 2 is 1.83 bits per heavy atom. The lowest BCUT2D eigenvalue weighted by Gasteiger charge is -2.12. The van der Waals surface area contributed by atoms with Gasteiger partial charge in [0.05, 0.1) is 4.90 Å². The average Bonchev–Trinajstić information content (AvgIpc) is 3.13. The number of rotatable bonds is 8. The van der Waals surface area contributed by atoms with Crippen LogP contribution in [0.2, 0.25) is 5.02 Å². The van der Waals surface area contributed by atoms with Crippen LogP contribution in [0.1, 0.15) is 5.56 Å². The fraction of sp³-hybridized carbons (Fsp3) is 0.250. The first-order chi connectivity index (χ1) is 14.0. The summed E-state index contributed by atoms with van der Waals surface area (Å²) in [6.07, 6.45) is 2.86. The van der Waals surface area contributed by atoms with Crippen molar-refractivity contribution in [1.29, 1.82) is 0 Å². The molecule has 3 aromatic rings. The molecule has 0 aliphatic rings. The quantitative estimate of drug-likeness (QED) is 0.147. The number of nitrogens with zero attached hydrogens (tertiary/aromatic N) is 1. The molecule has 2 aromatic carbocycles. The minimum absolute atomic E-state index is 0. The zero-order chi connectivity index (χ0) is 20.7. The highest BCUT2D eigenvalue weighted by molar-refractivity contribution is 14.0. The summed E-state index contributed by atoms with van der Waals surface area (Å²) in [6, 6.07) is 14.3. The fourth-order valence-electron chi connectivity index (χ4n) is 2.96. The maximum atomic E-state index is 12.3. The largest absolute Gasteiger partial charge is 0.361 e. The summed E-state index contributed by atoms with van der Waals surface area (Å²) in [7, 11) is -1.92. The van der Waals surface area contributed by atoms with E-state index in [1.54, 1.807) is 19.2 Å². The molecule has 0 saturated heterocycles. The summed E-state index contributed by atoms with van der Waals surface area (Å²) in [5, 5.41) is 7.94. The predicted octanol–water partition coefficient (Wildman–Crippen LogP) is 3.13. The molecule has 0 bridgehead atoms. The third kappa shape index (κ3) is 6.59. The number of aromatic amines is 1. The van der Waals surface area contributed by atoms with Crippen LogP contribution in [0.15, 0.2) is 64.6 Å². The Balaban J connectivity index is 0.00000320. The van der Waals surface area contributed by atoms with Crippen LogP contribution in [0.25, 0.3) is 10.9 Å². The summed E-state index contributed by atoms with van der Waals surface area (Å²) in [5.41, 5.74) is 2.36. The molecule has 1 aromatic heterocycles. The molecule has 0 fully saturated rings. The Morgan fingerprint density at radius 3 is 2.60 bits per heavy atom. The minimum Gasteiger partial charge on any atom is -0.361 e. The number of benzene rings is 2. The van der Waals surface area contributed by atoms with Crippen LogP contribution in [0.5, 0.6) is 0 Å². The third-order valence-electron chi connectivity index (χ3n) is 4.40. The summed E-state index contributed by atoms with van der Waals surface area (Å²) >= 11 is 5.86. The number of halogens is 2. The third-order valence-corrected chi connectivity index (χ3v) is 6.10. The number of para-hydroxylation sites is 1. The highest BCUT2D eigenvalue weighted by Crippen LogP contribution is 2.17. The van der Waals surface area contributed by atoms with Gasteiger partial charge in [0.1, 0.15) is 0 Å². The van der Waals surface area contributed by atoms with Crippen molar-refractivity contribution >= 4 is 62.5 Å². The zero-order valence-corrected chi connectivity index (χ0v) is 20.4. The molecular formula is C20H25ClIN5O2S. The monoisotopic (exact) mass is 561 g/mol. The first-order valence-corrected chi connectivity index (χ1v) is 11.1. The number of sulfonamides is 1. The molecule has 0 unspecified atom stereocenters. The van der Waals surface area contributed by atoms with E-state index in [1.165, 1.54) is 23.1 Å². The van der Waals surface area contributed by atoms with E-state index in [0.29, 0.717) is 24.1 Å². The van der Waals surface area contributed by atoms with Crippen molar-refractivity contribution in [1.82, 2.24) is 20.3 Å². The van der Waals surface area contributed by atoms with Gasteiger partial charge >= 0.3 is 0 Å². The maximum Gasteiger partial charge on any atom is 0.240 e. The molecule has 1 heterocycles. The molecular weight excluding hydrogens is 537 g/mol. The van der Waals surface area contributed by atoms with Crippen molar-refractivity contribution in [2.75, 3.05) is 26.7 Å². The Bertz CT molecular complexity index is 1100. The number of hydrogen-bond acceptors (Lipinski definition) is 3. The summed E-state index contributed by atoms with van der Waals surface area (Å²) in [5.74, 6) is 0.617. The Kier molecular flexibility index (Phi) is 9.40. The molecule has 0 aliphatic heterocycles. The predicted molar refractivity (Wildman–Crippen MR) is 133 cm³/mol. The molecule has 162 valence electrons. The van der Waals surface area contributed by atoms with E-state index in [-0.39, 0.29) is 35.4 Å². The van der Waals surface area contributed by atoms with E-state index in [0.717, 1.165) is 11.9 Å². The number of H-pyrrole nitrogens is 1. The SMILES string of the molecule is CN=C(NCCNS(=O)(=O)c1cccc(Cl)c1)NCCc1c[nH]c2ccccc12.I. The van der Waals surface area contributed by atoms with Gasteiger partial charge in [-0.05, 0) is 36.2 Å². The lowest BCUT2D eigenvalue weighted by molar-refractivity contribution is 0.580. The normalized spacial score (nSPS) is 11.9. The van der Waals surface area contributed by atoms with Crippen molar-refractivity contribution in [2.45, 2.75) is 11.3 Å². The molecule has 0 amide bonds. The molecule has 0 atom stereocenters. The Hall–Kier alpha value is -1.82. The topological polar surface area (TPSA) is 98.4 Å². The molecule has 30 heavy (non-hydrogen) atoms. The van der Waals surface area contributed by atoms with Gasteiger partial charge in [0.25, 0.3) is 0 Å². The van der Waals surface area contributed by atoms with E-state index in [4.69, 9.17) is 11.6 Å². The van der Waals surface area contributed by atoms with E-state index in [1.807, 2.05) is 18.3 Å². The lowest BCUT2D eigenvalue weighted by Crippen LogP contribution is -2.42. The smallest absolute Gasteiger partial charge is 0.240 e. The standard InChI is InChI=1S/C20H24ClN5O2S.HI/c1-22-20(23-10-9-15-14-25-19-8-3-2-7-18(15)19)24-11-12-26-29(27,28)17-6-4-5-16(21)13-17;/h2-8,13-14,25-26H,9-12H2,1H3,(H2,22,23,24);1H. The summed E-state index contributed by atoms with van der Waals surface area (Å²) < 4.78 is 27.1. The number of aliphatic imine (C=N–C) groups is 1. The van der Waals surface area contributed by atoms with Crippen LogP contribution in [-0.4, -0.2) is 46.0 Å². The molecule has 4 N–H and O–H groups in total. The number of nitrogens with one attached hydrogen (secondary N) is 4. The first kappa shape index (κ1) is 24.4. The molecule has 0 spiro atoms. The van der Waals surface area contributed by atoms with Crippen LogP contribution in [-0.2, 0) is 16.4 Å². The van der Waals surface area contributed by atoms with Gasteiger partial charge in [-0.25, -0.2) is 13.1 Å². The highest BCUT2D eigenvalue weighted by Gasteiger charge is 2.13. The van der Waals surface area contributed by atoms with Crippen LogP contribution in [0.4, 0.5) is 0 Å². The van der Waals surface area contributed by atoms with Crippen LogP contribution in [0, 0.1) is 0 Å². The van der Waals surface area contributed by atoms with Crippen LogP contribution in [0.3, 0.4) is 0 Å². The second-order valence-corrected chi connectivity index (χ2v) is 8.59. The highest BCUT2D eigenvalue weighted by atomic mass is 127. The van der Waals surface area contributed by atoms with Crippen molar-refractivity contribution in [3.8, 4) is 0 Å². The molecule has 0 aliphatic carbocycles. The Morgan fingerprint density at radius 1 is 1.07 bits per heavy atom. The Labute approximate surface area is 198 Å². The van der Waals surface area contributed by atoms with Crippen molar-refractivity contribution < 1.29 is 8.42 Å². The summed E-state index contributed by atoms with van der Waals surface area (Å²) in [4.78, 5) is 7.58. The van der Waals surface area contributed by atoms with Gasteiger partial charge < -0.3 is 15.6 Å². The number of guanidine groups is 1. The van der Waals surface area contributed by atoms with Gasteiger partial charge in [-0.2, -0.15) is 0 Å². The van der Waals surface area contributed by atoms with E-state index < -0.39 is 10.0 Å². The van der Waals surface area contributed by atoms with Crippen molar-refractivity contribution in [3.05, 3.63) is 65.3 Å². The number of fused-ring (bicyclic) bond motifs is 1. The van der Waals surface area contributed by atoms with Crippen molar-refractivity contribution in [2.24, 2.45) is 4.99 Å². The van der Waals surface area contributed by atoms with Crippen molar-refractivity contribution in [3.63, 3.8) is 0 Å². The minimum atomic E-state index is -3.59. The van der Waals surface area contributed by atoms with E-state index in [9.17, 15) is 8.42 Å². The fourth-order valence-corrected chi connectivity index (χ4v) is 4.29. The van der Waals surface area contributed by atoms with Crippen LogP contribution >= 0.6 is 35.6 Å². The van der Waals surface area contributed by atoms with E-state index in [2.05, 4.69) is 37.5 Å². The van der Waals surface area contributed by atoms with E-state index >= 15 is 0 Å². The lowest BCUT2D eigenvalue weighted by atomic mass is 10.1. The molecule has 0 saturated carbocycles. The molecule has 0 radical (unpaired) electrons. The second-order valence-electron chi connectivity index (χ2n) is 6.39. The first-order valence-electron chi connectivity index (χ1n) is 9.24. The zero-order valence-electron chi connectivity index (χ0n) is 16.5. The maximum absolute atomic E-state index is 12.3. The average molecular weight is 562 g/mol. The number of aromatic nitrogens is 1. The van der Waals surface area contributed by atoms with Gasteiger partial charge in [0.15, 0.2) is 5.96 Å².